The molecule has 0 bridgehead atoms. The van der Waals surface area contributed by atoms with Crippen molar-refractivity contribution in [3.63, 3.8) is 0 Å². The average molecular weight is 567 g/mol. The molecule has 0 heterocycles. The second kappa shape index (κ2) is 14.1. The van der Waals surface area contributed by atoms with Crippen molar-refractivity contribution in [1.29, 1.82) is 0 Å². The minimum absolute atomic E-state index is 0.0460. The van der Waals surface area contributed by atoms with E-state index >= 15 is 0 Å². The van der Waals surface area contributed by atoms with Crippen LogP contribution in [0.25, 0.3) is 0 Å². The number of halogens is 2. The summed E-state index contributed by atoms with van der Waals surface area (Å²) < 4.78 is 45.8. The van der Waals surface area contributed by atoms with Crippen molar-refractivity contribution in [3.05, 3.63) is 71.5 Å². The van der Waals surface area contributed by atoms with Crippen LogP contribution in [0.15, 0.2) is 48.7 Å². The fourth-order valence-corrected chi connectivity index (χ4v) is 7.56. The first-order chi connectivity index (χ1) is 19.9. The molecule has 4 atom stereocenters. The van der Waals surface area contributed by atoms with Crippen molar-refractivity contribution < 1.29 is 23.0 Å². The summed E-state index contributed by atoms with van der Waals surface area (Å²) >= 11 is 0. The number of allylic oxidation sites excluding steroid dienone is 1. The maximum Gasteiger partial charge on any atom is 0.204 e. The van der Waals surface area contributed by atoms with Crippen molar-refractivity contribution in [2.75, 3.05) is 13.2 Å². The first-order valence-corrected chi connectivity index (χ1v) is 16.1. The van der Waals surface area contributed by atoms with Gasteiger partial charge in [0.15, 0.2) is 11.5 Å². The van der Waals surface area contributed by atoms with Crippen LogP contribution in [0.3, 0.4) is 0 Å². The third-order valence-electron chi connectivity index (χ3n) is 9.96. The van der Waals surface area contributed by atoms with Gasteiger partial charge in [-0.05, 0) is 124 Å². The van der Waals surface area contributed by atoms with Crippen LogP contribution in [0, 0.1) is 35.3 Å². The molecule has 2 aromatic rings. The Labute approximate surface area is 245 Å². The molecule has 3 aliphatic rings. The van der Waals surface area contributed by atoms with Gasteiger partial charge in [0, 0.05) is 5.92 Å². The van der Waals surface area contributed by atoms with E-state index in [1.54, 1.807) is 6.92 Å². The van der Waals surface area contributed by atoms with Gasteiger partial charge in [-0.15, -0.1) is 0 Å². The number of hydrogen-bond acceptors (Lipinski definition) is 3. The zero-order valence-electron chi connectivity index (χ0n) is 25.0. The maximum atomic E-state index is 14.4. The molecule has 0 amide bonds. The lowest BCUT2D eigenvalue weighted by Gasteiger charge is -2.43. The molecule has 5 rings (SSSR count). The predicted octanol–water partition coefficient (Wildman–Crippen LogP) is 9.78. The molecule has 2 aromatic carbocycles. The number of benzene rings is 2. The van der Waals surface area contributed by atoms with Crippen LogP contribution < -0.4 is 9.47 Å². The van der Waals surface area contributed by atoms with E-state index in [1.165, 1.54) is 68.2 Å². The Kier molecular flexibility index (Phi) is 10.3. The summed E-state index contributed by atoms with van der Waals surface area (Å²) in [5.74, 6) is 1.87. The Balaban J connectivity index is 1.03. The van der Waals surface area contributed by atoms with Crippen molar-refractivity contribution in [2.45, 2.75) is 103 Å². The van der Waals surface area contributed by atoms with Gasteiger partial charge in [-0.2, -0.15) is 8.78 Å². The van der Waals surface area contributed by atoms with Crippen molar-refractivity contribution in [2.24, 2.45) is 23.7 Å². The smallest absolute Gasteiger partial charge is 0.204 e. The second-order valence-electron chi connectivity index (χ2n) is 12.7. The van der Waals surface area contributed by atoms with Crippen molar-refractivity contribution in [1.82, 2.24) is 0 Å². The van der Waals surface area contributed by atoms with Gasteiger partial charge in [-0.25, -0.2) is 0 Å². The molecule has 0 radical (unpaired) electrons. The number of ether oxygens (including phenoxy) is 3. The average Bonchev–Trinajstić information content (AvgIpc) is 3.00. The molecule has 4 unspecified atom stereocenters. The highest BCUT2D eigenvalue weighted by Crippen LogP contribution is 2.47. The molecule has 3 fully saturated rings. The first-order valence-electron chi connectivity index (χ1n) is 16.1. The predicted molar refractivity (Wildman–Crippen MR) is 160 cm³/mol. The van der Waals surface area contributed by atoms with Crippen LogP contribution in [0.2, 0.25) is 0 Å². The highest BCUT2D eigenvalue weighted by atomic mass is 19.2. The molecule has 41 heavy (non-hydrogen) atoms. The minimum atomic E-state index is -0.985. The fourth-order valence-electron chi connectivity index (χ4n) is 7.56. The largest absolute Gasteiger partial charge is 0.495 e. The van der Waals surface area contributed by atoms with Crippen LogP contribution in [-0.2, 0) is 11.2 Å². The number of hydrogen-bond donors (Lipinski definition) is 0. The Bertz CT molecular complexity index is 1140. The highest BCUT2D eigenvalue weighted by Gasteiger charge is 2.37. The Morgan fingerprint density at radius 2 is 1.44 bits per heavy atom. The second-order valence-corrected chi connectivity index (χ2v) is 12.7. The number of rotatable bonds is 11. The molecule has 0 aromatic heterocycles. The Morgan fingerprint density at radius 1 is 0.780 bits per heavy atom. The van der Waals surface area contributed by atoms with Crippen molar-refractivity contribution in [3.8, 4) is 11.5 Å². The van der Waals surface area contributed by atoms with Crippen LogP contribution in [0.4, 0.5) is 8.78 Å². The molecule has 0 N–H and O–H groups in total. The van der Waals surface area contributed by atoms with Gasteiger partial charge < -0.3 is 14.2 Å². The molecular formula is C36H48F2O3. The number of fused-ring (bicyclic) bond motifs is 1. The van der Waals surface area contributed by atoms with E-state index in [4.69, 9.17) is 14.2 Å². The zero-order valence-corrected chi connectivity index (χ0v) is 25.0. The van der Waals surface area contributed by atoms with E-state index in [2.05, 4.69) is 37.8 Å². The van der Waals surface area contributed by atoms with Gasteiger partial charge in [0.1, 0.15) is 0 Å². The van der Waals surface area contributed by atoms with Crippen molar-refractivity contribution >= 4 is 0 Å². The highest BCUT2D eigenvalue weighted by molar-refractivity contribution is 5.35. The third-order valence-corrected chi connectivity index (χ3v) is 9.96. The van der Waals surface area contributed by atoms with Crippen LogP contribution in [0.5, 0.6) is 11.5 Å². The monoisotopic (exact) mass is 566 g/mol. The van der Waals surface area contributed by atoms with Gasteiger partial charge >= 0.3 is 0 Å². The molecule has 3 aliphatic carbocycles. The third kappa shape index (κ3) is 7.45. The lowest BCUT2D eigenvalue weighted by atomic mass is 9.65. The molecular weight excluding hydrogens is 518 g/mol. The zero-order chi connectivity index (χ0) is 28.8. The molecule has 0 spiro atoms. The number of aryl methyl sites for hydroxylation is 1. The Hall–Kier alpha value is -2.56. The first kappa shape index (κ1) is 29.9. The van der Waals surface area contributed by atoms with E-state index in [9.17, 15) is 8.78 Å². The van der Waals surface area contributed by atoms with Crippen LogP contribution in [0.1, 0.15) is 102 Å². The maximum absolute atomic E-state index is 14.4. The summed E-state index contributed by atoms with van der Waals surface area (Å²) in [5, 5.41) is 0. The minimum Gasteiger partial charge on any atom is -0.495 e. The summed E-state index contributed by atoms with van der Waals surface area (Å²) in [6.45, 7) is 9.01. The van der Waals surface area contributed by atoms with E-state index in [0.717, 1.165) is 49.7 Å². The van der Waals surface area contributed by atoms with E-state index < -0.39 is 11.6 Å². The van der Waals surface area contributed by atoms with Gasteiger partial charge in [-0.3, -0.25) is 0 Å². The summed E-state index contributed by atoms with van der Waals surface area (Å²) in [6.07, 6.45) is 14.1. The van der Waals surface area contributed by atoms with Gasteiger partial charge in [0.05, 0.1) is 25.1 Å². The lowest BCUT2D eigenvalue weighted by molar-refractivity contribution is 0.00525. The van der Waals surface area contributed by atoms with E-state index in [-0.39, 0.29) is 18.1 Å². The lowest BCUT2D eigenvalue weighted by Crippen LogP contribution is -2.34. The summed E-state index contributed by atoms with van der Waals surface area (Å²) in [4.78, 5) is 0. The topological polar surface area (TPSA) is 27.7 Å². The molecule has 0 aliphatic heterocycles. The molecule has 3 nitrogen and oxygen atoms in total. The summed E-state index contributed by atoms with van der Waals surface area (Å²) in [7, 11) is 0. The van der Waals surface area contributed by atoms with Gasteiger partial charge in [-0.1, -0.05) is 44.2 Å². The molecule has 0 saturated heterocycles. The Morgan fingerprint density at radius 3 is 2.12 bits per heavy atom. The van der Waals surface area contributed by atoms with E-state index in [0.29, 0.717) is 30.5 Å². The normalized spacial score (nSPS) is 28.0. The summed E-state index contributed by atoms with van der Waals surface area (Å²) in [5.41, 5.74) is 2.99. The fraction of sp³-hybridized carbons (Fsp3) is 0.611. The van der Waals surface area contributed by atoms with Crippen LogP contribution >= 0.6 is 0 Å². The SMILES string of the molecule is C=C(OC1CCC2CC(c3ccc(CCC)cc3)CCC2C1)C1CCC(COc2ccc(OCC)c(F)c2F)CC1. The van der Waals surface area contributed by atoms with Crippen LogP contribution in [-0.4, -0.2) is 19.3 Å². The van der Waals surface area contributed by atoms with E-state index in [1.807, 2.05) is 0 Å². The standard InChI is InChI=1S/C36H48F2O3/c1-4-6-25-7-13-28(14-8-25)29-15-16-31-22-32(18-17-30(31)21-29)41-24(3)27-11-9-26(10-12-27)23-40-34-20-19-33(39-5-2)35(37)36(34)38/h7-8,13-14,19-20,26-27,29-32H,3-6,9-12,15-18,21-23H2,1-2H3. The van der Waals surface area contributed by atoms with Gasteiger partial charge in [0.2, 0.25) is 11.6 Å². The molecule has 224 valence electrons. The quantitative estimate of drug-likeness (QED) is 0.253. The molecule has 3 saturated carbocycles. The summed E-state index contributed by atoms with van der Waals surface area (Å²) in [6, 6.07) is 12.3. The van der Waals surface area contributed by atoms with Gasteiger partial charge in [0.25, 0.3) is 0 Å². The molecule has 5 heteroatoms.